The molecule has 1 unspecified atom stereocenters. The molecule has 3 heterocycles. The van der Waals surface area contributed by atoms with Gasteiger partial charge in [-0.05, 0) is 32.9 Å². The summed E-state index contributed by atoms with van der Waals surface area (Å²) in [6.45, 7) is 5.44. The lowest BCUT2D eigenvalue weighted by Crippen LogP contribution is -2.17. The number of fused-ring (bicyclic) bond motifs is 1. The van der Waals surface area contributed by atoms with Crippen LogP contribution in [-0.4, -0.2) is 31.4 Å². The fraction of sp³-hybridized carbons (Fsp3) is 0.263. The first-order valence-electron chi connectivity index (χ1n) is 8.62. The molecule has 3 aromatic rings. The Hall–Kier alpha value is -2.81. The number of rotatable bonds is 2. The Bertz CT molecular complexity index is 1080. The summed E-state index contributed by atoms with van der Waals surface area (Å²) in [5.41, 5.74) is 2.88. The second-order valence-corrected chi connectivity index (χ2v) is 7.69. The van der Waals surface area contributed by atoms with Gasteiger partial charge in [-0.15, -0.1) is 11.8 Å². The monoisotopic (exact) mass is 401 g/mol. The number of nitrogens with one attached hydrogen (secondary N) is 1. The number of carbonyl (C=O) groups excluding carboxylic acids is 1. The van der Waals surface area contributed by atoms with Gasteiger partial charge < -0.3 is 5.32 Å². The van der Waals surface area contributed by atoms with Gasteiger partial charge in [0.1, 0.15) is 5.82 Å². The van der Waals surface area contributed by atoms with Gasteiger partial charge in [0, 0.05) is 22.5 Å². The average molecular weight is 401 g/mol. The minimum absolute atomic E-state index is 0.0996. The normalized spacial score (nSPS) is 16.5. The lowest BCUT2D eigenvalue weighted by molar-refractivity contribution is -0.113. The fourth-order valence-corrected chi connectivity index (χ4v) is 4.50. The predicted octanol–water partition coefficient (Wildman–Crippen LogP) is 3.64. The number of thioether (sulfide) groups is 1. The molecule has 0 radical (unpaired) electrons. The highest BCUT2D eigenvalue weighted by molar-refractivity contribution is 8.00. The Kier molecular flexibility index (Phi) is 4.62. The number of nitrogens with zero attached hydrogens (tertiary/aromatic N) is 4. The van der Waals surface area contributed by atoms with Crippen molar-refractivity contribution in [3.05, 3.63) is 64.1 Å². The van der Waals surface area contributed by atoms with Gasteiger partial charge >= 0.3 is 0 Å². The molecule has 28 heavy (non-hydrogen) atoms. The third-order valence-corrected chi connectivity index (χ3v) is 5.68. The molecular weight excluding hydrogens is 384 g/mol. The molecular formula is C19H17F2N5OS. The molecule has 9 heteroatoms. The summed E-state index contributed by atoms with van der Waals surface area (Å²) in [6, 6.07) is 5.89. The Morgan fingerprint density at radius 2 is 1.89 bits per heavy atom. The van der Waals surface area contributed by atoms with Crippen molar-refractivity contribution in [3.63, 3.8) is 0 Å². The zero-order chi connectivity index (χ0) is 20.0. The highest BCUT2D eigenvalue weighted by Crippen LogP contribution is 2.44. The van der Waals surface area contributed by atoms with E-state index in [0.29, 0.717) is 23.0 Å². The van der Waals surface area contributed by atoms with E-state index in [4.69, 9.17) is 0 Å². The molecule has 0 bridgehead atoms. The molecule has 0 saturated carbocycles. The molecule has 0 fully saturated rings. The number of anilines is 1. The largest absolute Gasteiger partial charge is 0.309 e. The van der Waals surface area contributed by atoms with Crippen LogP contribution < -0.4 is 5.32 Å². The molecule has 144 valence electrons. The Morgan fingerprint density at radius 1 is 1.18 bits per heavy atom. The number of carbonyl (C=O) groups is 1. The van der Waals surface area contributed by atoms with E-state index in [1.54, 1.807) is 6.92 Å². The maximum atomic E-state index is 14.5. The highest BCUT2D eigenvalue weighted by Gasteiger charge is 2.33. The van der Waals surface area contributed by atoms with Gasteiger partial charge in [0.05, 0.1) is 16.7 Å². The Morgan fingerprint density at radius 3 is 2.61 bits per heavy atom. The van der Waals surface area contributed by atoms with E-state index >= 15 is 0 Å². The zero-order valence-corrected chi connectivity index (χ0v) is 16.3. The summed E-state index contributed by atoms with van der Waals surface area (Å²) >= 11 is 1.23. The van der Waals surface area contributed by atoms with E-state index in [1.165, 1.54) is 28.6 Å². The van der Waals surface area contributed by atoms with Gasteiger partial charge in [-0.3, -0.25) is 4.79 Å². The second kappa shape index (κ2) is 6.97. The topological polar surface area (TPSA) is 72.7 Å². The molecule has 1 aliphatic rings. The number of halogens is 2. The van der Waals surface area contributed by atoms with Gasteiger partial charge in [0.2, 0.25) is 5.91 Å². The first-order chi connectivity index (χ1) is 13.3. The van der Waals surface area contributed by atoms with Crippen LogP contribution in [0, 0.1) is 32.4 Å². The van der Waals surface area contributed by atoms with Crippen LogP contribution >= 0.6 is 11.8 Å². The molecule has 1 N–H and O–H groups in total. The minimum atomic E-state index is -0.925. The molecule has 2 aromatic heterocycles. The van der Waals surface area contributed by atoms with E-state index in [2.05, 4.69) is 20.4 Å². The third kappa shape index (κ3) is 3.15. The van der Waals surface area contributed by atoms with E-state index in [1.807, 2.05) is 19.9 Å². The summed E-state index contributed by atoms with van der Waals surface area (Å²) in [6.07, 6.45) is 0. The maximum Gasteiger partial charge on any atom is 0.252 e. The van der Waals surface area contributed by atoms with E-state index in [-0.39, 0.29) is 17.2 Å². The number of aromatic nitrogens is 4. The third-order valence-electron chi connectivity index (χ3n) is 4.43. The average Bonchev–Trinajstić information content (AvgIpc) is 2.83. The lowest BCUT2D eigenvalue weighted by Gasteiger charge is -2.16. The van der Waals surface area contributed by atoms with Crippen molar-refractivity contribution < 1.29 is 13.6 Å². The molecule has 4 rings (SSSR count). The first-order valence-corrected chi connectivity index (χ1v) is 9.67. The van der Waals surface area contributed by atoms with Crippen LogP contribution in [0.15, 0.2) is 24.3 Å². The maximum absolute atomic E-state index is 14.5. The van der Waals surface area contributed by atoms with Gasteiger partial charge in [0.25, 0.3) is 5.95 Å². The van der Waals surface area contributed by atoms with Crippen LogP contribution in [0.1, 0.15) is 33.5 Å². The standard InChI is InChI=1S/C19H17F2N5OS/c1-9-7-10(2)23-19(22-9)26-18-15(11(3)25-26)17(28-8-14(27)24-18)12-5-4-6-13(20)16(12)21/h4-7,17H,8H2,1-3H3,(H,24,27). The van der Waals surface area contributed by atoms with Crippen LogP contribution in [-0.2, 0) is 4.79 Å². The molecule has 1 atom stereocenters. The summed E-state index contributed by atoms with van der Waals surface area (Å²) in [4.78, 5) is 21.1. The number of hydrogen-bond acceptors (Lipinski definition) is 5. The smallest absolute Gasteiger partial charge is 0.252 e. The van der Waals surface area contributed by atoms with Crippen molar-refractivity contribution in [3.8, 4) is 5.95 Å². The summed E-state index contributed by atoms with van der Waals surface area (Å²) in [5.74, 6) is -1.31. The van der Waals surface area contributed by atoms with Crippen molar-refractivity contribution in [1.29, 1.82) is 0 Å². The van der Waals surface area contributed by atoms with Crippen LogP contribution in [0.2, 0.25) is 0 Å². The number of hydrogen-bond donors (Lipinski definition) is 1. The lowest BCUT2D eigenvalue weighted by atomic mass is 10.0. The van der Waals surface area contributed by atoms with Gasteiger partial charge in [-0.1, -0.05) is 12.1 Å². The predicted molar refractivity (Wildman–Crippen MR) is 103 cm³/mol. The SMILES string of the molecule is Cc1cc(C)nc(-n2nc(C)c3c2NC(=O)CSC3c2cccc(F)c2F)n1. The number of aryl methyl sites for hydroxylation is 3. The van der Waals surface area contributed by atoms with E-state index in [0.717, 1.165) is 17.5 Å². The summed E-state index contributed by atoms with van der Waals surface area (Å²) < 4.78 is 29.8. The van der Waals surface area contributed by atoms with Gasteiger partial charge in [-0.25, -0.2) is 18.7 Å². The van der Waals surface area contributed by atoms with E-state index < -0.39 is 16.9 Å². The van der Waals surface area contributed by atoms with Crippen LogP contribution in [0.5, 0.6) is 0 Å². The molecule has 6 nitrogen and oxygen atoms in total. The highest BCUT2D eigenvalue weighted by atomic mass is 32.2. The quantitative estimate of drug-likeness (QED) is 0.710. The molecule has 0 saturated heterocycles. The second-order valence-electron chi connectivity index (χ2n) is 6.59. The summed E-state index contributed by atoms with van der Waals surface area (Å²) in [5, 5.41) is 6.73. The van der Waals surface area contributed by atoms with Crippen LogP contribution in [0.4, 0.5) is 14.6 Å². The van der Waals surface area contributed by atoms with Gasteiger partial charge in [0.15, 0.2) is 11.6 Å². The van der Waals surface area contributed by atoms with E-state index in [9.17, 15) is 13.6 Å². The van der Waals surface area contributed by atoms with Crippen molar-refractivity contribution in [2.45, 2.75) is 26.0 Å². The van der Waals surface area contributed by atoms with Crippen molar-refractivity contribution in [2.75, 3.05) is 11.1 Å². The van der Waals surface area contributed by atoms with Crippen LogP contribution in [0.25, 0.3) is 5.95 Å². The molecule has 1 aliphatic heterocycles. The molecule has 0 aliphatic carbocycles. The minimum Gasteiger partial charge on any atom is -0.309 e. The zero-order valence-electron chi connectivity index (χ0n) is 15.5. The molecule has 0 spiro atoms. The molecule has 1 amide bonds. The van der Waals surface area contributed by atoms with Crippen molar-refractivity contribution in [1.82, 2.24) is 19.7 Å². The van der Waals surface area contributed by atoms with Gasteiger partial charge in [-0.2, -0.15) is 9.78 Å². The van der Waals surface area contributed by atoms with Crippen molar-refractivity contribution in [2.24, 2.45) is 0 Å². The van der Waals surface area contributed by atoms with Crippen molar-refractivity contribution >= 4 is 23.5 Å². The van der Waals surface area contributed by atoms with Crippen LogP contribution in [0.3, 0.4) is 0 Å². The summed E-state index contributed by atoms with van der Waals surface area (Å²) in [7, 11) is 0. The Balaban J connectivity index is 1.94. The number of amides is 1. The number of benzene rings is 1. The fourth-order valence-electron chi connectivity index (χ4n) is 3.30. The Labute approximate surface area is 164 Å². The molecule has 1 aromatic carbocycles. The first kappa shape index (κ1) is 18.5.